The average molecular weight is 347 g/mol. The van der Waals surface area contributed by atoms with E-state index in [2.05, 4.69) is 4.99 Å². The zero-order chi connectivity index (χ0) is 16.4. The maximum atomic E-state index is 12.4. The Morgan fingerprint density at radius 1 is 1.26 bits per heavy atom. The van der Waals surface area contributed by atoms with E-state index in [4.69, 9.17) is 16.3 Å². The normalized spacial score (nSPS) is 11.9. The molecule has 3 rings (SSSR count). The van der Waals surface area contributed by atoms with E-state index in [1.807, 2.05) is 36.7 Å². The summed E-state index contributed by atoms with van der Waals surface area (Å²) < 4.78 is 8.55. The Morgan fingerprint density at radius 2 is 2.04 bits per heavy atom. The number of thiazole rings is 1. The largest absolute Gasteiger partial charge is 0.492 e. The molecule has 0 N–H and O–H groups in total. The first-order valence-electron chi connectivity index (χ1n) is 7.16. The van der Waals surface area contributed by atoms with Crippen molar-refractivity contribution in [1.82, 2.24) is 4.57 Å². The number of halogens is 1. The van der Waals surface area contributed by atoms with E-state index < -0.39 is 0 Å². The van der Waals surface area contributed by atoms with Crippen LogP contribution >= 0.6 is 22.9 Å². The van der Waals surface area contributed by atoms with Crippen molar-refractivity contribution in [2.75, 3.05) is 6.61 Å². The number of amides is 1. The zero-order valence-corrected chi connectivity index (χ0v) is 14.3. The SMILES string of the molecule is CCOc1cccc2sc(=NC(=O)c3ccccc3Cl)n(C)c12. The molecule has 118 valence electrons. The number of para-hydroxylation sites is 1. The fourth-order valence-electron chi connectivity index (χ4n) is 2.33. The van der Waals surface area contributed by atoms with Gasteiger partial charge >= 0.3 is 0 Å². The number of carbonyl (C=O) groups excluding carboxylic acids is 1. The molecule has 6 heteroatoms. The first-order chi connectivity index (χ1) is 11.1. The molecular formula is C17H15ClN2O2S. The average Bonchev–Trinajstić information content (AvgIpc) is 2.85. The Bertz CT molecular complexity index is 943. The van der Waals surface area contributed by atoms with Crippen molar-refractivity contribution in [1.29, 1.82) is 0 Å². The number of benzene rings is 2. The van der Waals surface area contributed by atoms with E-state index in [1.165, 1.54) is 11.3 Å². The summed E-state index contributed by atoms with van der Waals surface area (Å²) in [7, 11) is 1.88. The molecule has 0 fully saturated rings. The number of hydrogen-bond donors (Lipinski definition) is 0. The van der Waals surface area contributed by atoms with Gasteiger partial charge in [-0.3, -0.25) is 4.79 Å². The lowest BCUT2D eigenvalue weighted by atomic mass is 10.2. The smallest absolute Gasteiger partial charge is 0.281 e. The van der Waals surface area contributed by atoms with Crippen LogP contribution in [0.2, 0.25) is 5.02 Å². The highest BCUT2D eigenvalue weighted by molar-refractivity contribution is 7.16. The predicted molar refractivity (Wildman–Crippen MR) is 93.3 cm³/mol. The van der Waals surface area contributed by atoms with Gasteiger partial charge in [-0.25, -0.2) is 0 Å². The molecule has 0 bridgehead atoms. The molecule has 3 aromatic rings. The van der Waals surface area contributed by atoms with Gasteiger partial charge in [0.25, 0.3) is 5.91 Å². The fourth-order valence-corrected chi connectivity index (χ4v) is 3.58. The Labute approximate surface area is 142 Å². The number of nitrogens with zero attached hydrogens (tertiary/aromatic N) is 2. The maximum absolute atomic E-state index is 12.4. The minimum Gasteiger partial charge on any atom is -0.492 e. The van der Waals surface area contributed by atoms with E-state index in [0.29, 0.717) is 22.0 Å². The summed E-state index contributed by atoms with van der Waals surface area (Å²) in [5.74, 6) is 0.436. The van der Waals surface area contributed by atoms with Crippen LogP contribution in [-0.2, 0) is 7.05 Å². The Morgan fingerprint density at radius 3 is 2.78 bits per heavy atom. The second kappa shape index (κ2) is 6.56. The lowest BCUT2D eigenvalue weighted by molar-refractivity contribution is 0.0998. The van der Waals surface area contributed by atoms with Crippen LogP contribution in [0.15, 0.2) is 47.5 Å². The van der Waals surface area contributed by atoms with Gasteiger partial charge in [-0.1, -0.05) is 41.1 Å². The van der Waals surface area contributed by atoms with E-state index in [9.17, 15) is 4.79 Å². The molecule has 0 atom stereocenters. The van der Waals surface area contributed by atoms with Gasteiger partial charge in [0.15, 0.2) is 4.80 Å². The zero-order valence-electron chi connectivity index (χ0n) is 12.7. The van der Waals surface area contributed by atoms with E-state index >= 15 is 0 Å². The minimum absolute atomic E-state index is 0.351. The number of aryl methyl sites for hydroxylation is 1. The van der Waals surface area contributed by atoms with Crippen LogP contribution in [0.1, 0.15) is 17.3 Å². The molecule has 0 saturated heterocycles. The molecule has 0 aliphatic rings. The molecule has 23 heavy (non-hydrogen) atoms. The van der Waals surface area contributed by atoms with Gasteiger partial charge in [0.2, 0.25) is 0 Å². The molecule has 1 heterocycles. The highest BCUT2D eigenvalue weighted by Gasteiger charge is 2.12. The highest BCUT2D eigenvalue weighted by Crippen LogP contribution is 2.27. The van der Waals surface area contributed by atoms with Gasteiger partial charge in [-0.2, -0.15) is 4.99 Å². The molecule has 0 unspecified atom stereocenters. The van der Waals surface area contributed by atoms with Crippen LogP contribution in [0.25, 0.3) is 10.2 Å². The van der Waals surface area contributed by atoms with Gasteiger partial charge < -0.3 is 9.30 Å². The number of hydrogen-bond acceptors (Lipinski definition) is 3. The standard InChI is InChI=1S/C17H15ClN2O2S/c1-3-22-13-9-6-10-14-15(13)20(2)17(23-14)19-16(21)11-7-4-5-8-12(11)18/h4-10H,3H2,1-2H3. The van der Waals surface area contributed by atoms with Crippen molar-refractivity contribution >= 4 is 39.1 Å². The van der Waals surface area contributed by atoms with Gasteiger partial charge in [0.1, 0.15) is 11.3 Å². The second-order valence-corrected chi connectivity index (χ2v) is 6.29. The van der Waals surface area contributed by atoms with Crippen LogP contribution in [0, 0.1) is 0 Å². The highest BCUT2D eigenvalue weighted by atomic mass is 35.5. The van der Waals surface area contributed by atoms with Gasteiger partial charge in [0, 0.05) is 7.05 Å². The number of aromatic nitrogens is 1. The predicted octanol–water partition coefficient (Wildman–Crippen LogP) is 4.03. The monoisotopic (exact) mass is 346 g/mol. The summed E-state index contributed by atoms with van der Waals surface area (Å²) in [5, 5.41) is 0.403. The molecule has 2 aromatic carbocycles. The van der Waals surface area contributed by atoms with Gasteiger partial charge in [-0.05, 0) is 31.2 Å². The number of ether oxygens (including phenoxy) is 1. The van der Waals surface area contributed by atoms with Crippen LogP contribution < -0.4 is 9.54 Å². The second-order valence-electron chi connectivity index (χ2n) is 4.88. The first-order valence-corrected chi connectivity index (χ1v) is 8.36. The quantitative estimate of drug-likeness (QED) is 0.718. The van der Waals surface area contributed by atoms with Crippen LogP contribution in [0.3, 0.4) is 0 Å². The summed E-state index contributed by atoms with van der Waals surface area (Å²) in [4.78, 5) is 17.2. The first kappa shape index (κ1) is 15.8. The lowest BCUT2D eigenvalue weighted by Gasteiger charge is -2.05. The Balaban J connectivity index is 2.13. The molecule has 0 spiro atoms. The summed E-state index contributed by atoms with van der Waals surface area (Å²) >= 11 is 7.51. The number of rotatable bonds is 3. The van der Waals surface area contributed by atoms with Crippen molar-refractivity contribution in [3.63, 3.8) is 0 Å². The van der Waals surface area contributed by atoms with Crippen LogP contribution in [0.4, 0.5) is 0 Å². The Hall–Kier alpha value is -2.11. The molecule has 0 aliphatic heterocycles. The number of carbonyl (C=O) groups is 1. The summed E-state index contributed by atoms with van der Waals surface area (Å²) in [6, 6.07) is 12.7. The molecule has 1 aromatic heterocycles. The topological polar surface area (TPSA) is 43.6 Å². The summed E-state index contributed by atoms with van der Waals surface area (Å²) in [6.07, 6.45) is 0. The van der Waals surface area contributed by atoms with Crippen LogP contribution in [0.5, 0.6) is 5.75 Å². The molecule has 0 radical (unpaired) electrons. The van der Waals surface area contributed by atoms with Gasteiger partial charge in [-0.15, -0.1) is 0 Å². The third kappa shape index (κ3) is 3.02. The van der Waals surface area contributed by atoms with Crippen LogP contribution in [-0.4, -0.2) is 17.1 Å². The Kier molecular flexibility index (Phi) is 4.50. The molecule has 1 amide bonds. The summed E-state index contributed by atoms with van der Waals surface area (Å²) in [5.41, 5.74) is 1.33. The lowest BCUT2D eigenvalue weighted by Crippen LogP contribution is -2.14. The van der Waals surface area contributed by atoms with E-state index in [0.717, 1.165) is 16.0 Å². The van der Waals surface area contributed by atoms with E-state index in [1.54, 1.807) is 24.3 Å². The third-order valence-corrected chi connectivity index (χ3v) is 4.81. The molecular weight excluding hydrogens is 332 g/mol. The van der Waals surface area contributed by atoms with Crippen molar-refractivity contribution in [2.45, 2.75) is 6.92 Å². The fraction of sp³-hybridized carbons (Fsp3) is 0.176. The maximum Gasteiger partial charge on any atom is 0.281 e. The minimum atomic E-state index is -0.351. The van der Waals surface area contributed by atoms with Crippen molar-refractivity contribution in [3.05, 3.63) is 57.9 Å². The molecule has 4 nitrogen and oxygen atoms in total. The van der Waals surface area contributed by atoms with Crippen molar-refractivity contribution in [3.8, 4) is 5.75 Å². The third-order valence-electron chi connectivity index (χ3n) is 3.39. The van der Waals surface area contributed by atoms with E-state index in [-0.39, 0.29) is 5.91 Å². The molecule has 0 saturated carbocycles. The van der Waals surface area contributed by atoms with Crippen molar-refractivity contribution in [2.24, 2.45) is 12.0 Å². The van der Waals surface area contributed by atoms with Gasteiger partial charge in [0.05, 0.1) is 21.9 Å². The van der Waals surface area contributed by atoms with Crippen molar-refractivity contribution < 1.29 is 9.53 Å². The number of fused-ring (bicyclic) bond motifs is 1. The molecule has 0 aliphatic carbocycles. The summed E-state index contributed by atoms with van der Waals surface area (Å²) in [6.45, 7) is 2.53.